The highest BCUT2D eigenvalue weighted by molar-refractivity contribution is 5.79. The fourth-order valence-electron chi connectivity index (χ4n) is 2.72. The van der Waals surface area contributed by atoms with Crippen molar-refractivity contribution in [1.29, 1.82) is 0 Å². The quantitative estimate of drug-likeness (QED) is 0.872. The zero-order valence-electron chi connectivity index (χ0n) is 12.2. The lowest BCUT2D eigenvalue weighted by Gasteiger charge is -2.40. The van der Waals surface area contributed by atoms with Crippen LogP contribution >= 0.6 is 0 Å². The maximum atomic E-state index is 12.3. The molecule has 5 nitrogen and oxygen atoms in total. The normalized spacial score (nSPS) is 21.8. The van der Waals surface area contributed by atoms with Gasteiger partial charge in [0.25, 0.3) is 0 Å². The molecule has 1 aromatic rings. The average Bonchev–Trinajstić information content (AvgIpc) is 2.39. The van der Waals surface area contributed by atoms with Crippen molar-refractivity contribution in [3.63, 3.8) is 0 Å². The number of nitrogens with zero attached hydrogens (tertiary/aromatic N) is 3. The fraction of sp³-hybridized carbons (Fsp3) is 0.600. The van der Waals surface area contributed by atoms with Gasteiger partial charge in [0, 0.05) is 44.6 Å². The van der Waals surface area contributed by atoms with E-state index in [9.17, 15) is 9.90 Å². The van der Waals surface area contributed by atoms with Gasteiger partial charge in [0.1, 0.15) is 0 Å². The molecule has 1 aliphatic heterocycles. The third-order valence-electron chi connectivity index (χ3n) is 3.66. The number of aliphatic hydroxyl groups is 1. The number of aliphatic hydroxyl groups excluding tert-OH is 1. The van der Waals surface area contributed by atoms with E-state index in [1.54, 1.807) is 19.3 Å². The fourth-order valence-corrected chi connectivity index (χ4v) is 2.72. The Morgan fingerprint density at radius 1 is 1.45 bits per heavy atom. The number of hydrogen-bond acceptors (Lipinski definition) is 4. The monoisotopic (exact) mass is 277 g/mol. The smallest absolute Gasteiger partial charge is 0.227 e. The van der Waals surface area contributed by atoms with Gasteiger partial charge in [0.2, 0.25) is 5.91 Å². The second-order valence-corrected chi connectivity index (χ2v) is 5.58. The number of carbonyl (C=O) groups is 1. The molecule has 0 bridgehead atoms. The Bertz CT molecular complexity index is 436. The zero-order valence-corrected chi connectivity index (χ0v) is 12.2. The molecule has 0 radical (unpaired) electrons. The topological polar surface area (TPSA) is 56.7 Å². The summed E-state index contributed by atoms with van der Waals surface area (Å²) in [6.45, 7) is 6.93. The predicted octanol–water partition coefficient (Wildman–Crippen LogP) is 0.538. The van der Waals surface area contributed by atoms with Crippen molar-refractivity contribution in [2.24, 2.45) is 0 Å². The molecule has 2 rings (SSSR count). The van der Waals surface area contributed by atoms with Crippen LogP contribution in [0.25, 0.3) is 0 Å². The highest BCUT2D eigenvalue weighted by Crippen LogP contribution is 2.12. The van der Waals surface area contributed by atoms with E-state index in [0.29, 0.717) is 13.0 Å². The maximum absolute atomic E-state index is 12.3. The van der Waals surface area contributed by atoms with Gasteiger partial charge in [-0.1, -0.05) is 0 Å². The molecule has 1 aromatic heterocycles. The molecule has 0 aromatic carbocycles. The molecule has 2 atom stereocenters. The van der Waals surface area contributed by atoms with Gasteiger partial charge in [0.05, 0.1) is 12.5 Å². The minimum absolute atomic E-state index is 0.167. The number of rotatable bonds is 4. The van der Waals surface area contributed by atoms with Crippen LogP contribution in [-0.2, 0) is 11.2 Å². The van der Waals surface area contributed by atoms with Gasteiger partial charge in [-0.25, -0.2) is 0 Å². The van der Waals surface area contributed by atoms with Crippen LogP contribution in [0, 0.1) is 0 Å². The summed E-state index contributed by atoms with van der Waals surface area (Å²) in [4.78, 5) is 20.5. The van der Waals surface area contributed by atoms with E-state index >= 15 is 0 Å². The second kappa shape index (κ2) is 6.81. The number of carbonyl (C=O) groups excluding carboxylic acids is 1. The first kappa shape index (κ1) is 14.9. The van der Waals surface area contributed by atoms with E-state index in [2.05, 4.69) is 16.8 Å². The van der Waals surface area contributed by atoms with Crippen LogP contribution in [0.4, 0.5) is 0 Å². The molecular weight excluding hydrogens is 254 g/mol. The Labute approximate surface area is 120 Å². The SMILES string of the molecule is C[C@@H]1CN(C[C@@H](C)O)CCN1C(=O)Cc1ccncc1. The summed E-state index contributed by atoms with van der Waals surface area (Å²) in [6, 6.07) is 3.95. The molecule has 0 aliphatic carbocycles. The van der Waals surface area contributed by atoms with Gasteiger partial charge in [-0.2, -0.15) is 0 Å². The number of pyridine rings is 1. The third kappa shape index (κ3) is 4.02. The molecule has 0 saturated carbocycles. The van der Waals surface area contributed by atoms with E-state index < -0.39 is 0 Å². The van der Waals surface area contributed by atoms with E-state index in [-0.39, 0.29) is 18.1 Å². The highest BCUT2D eigenvalue weighted by Gasteiger charge is 2.27. The summed E-state index contributed by atoms with van der Waals surface area (Å²) in [7, 11) is 0. The van der Waals surface area contributed by atoms with Crippen LogP contribution in [0.1, 0.15) is 19.4 Å². The van der Waals surface area contributed by atoms with E-state index in [4.69, 9.17) is 0 Å². The Kier molecular flexibility index (Phi) is 5.09. The zero-order chi connectivity index (χ0) is 14.5. The first-order chi connectivity index (χ1) is 9.56. The van der Waals surface area contributed by atoms with Gasteiger partial charge in [-0.3, -0.25) is 14.7 Å². The maximum Gasteiger partial charge on any atom is 0.227 e. The lowest BCUT2D eigenvalue weighted by atomic mass is 10.1. The number of aromatic nitrogens is 1. The van der Waals surface area contributed by atoms with Crippen molar-refractivity contribution in [1.82, 2.24) is 14.8 Å². The second-order valence-electron chi connectivity index (χ2n) is 5.58. The van der Waals surface area contributed by atoms with Crippen LogP contribution < -0.4 is 0 Å². The summed E-state index contributed by atoms with van der Waals surface area (Å²) >= 11 is 0. The van der Waals surface area contributed by atoms with E-state index in [0.717, 1.165) is 25.2 Å². The summed E-state index contributed by atoms with van der Waals surface area (Å²) in [5.41, 5.74) is 1.00. The van der Waals surface area contributed by atoms with Crippen LogP contribution in [-0.4, -0.2) is 64.1 Å². The molecule has 1 N–H and O–H groups in total. The molecule has 1 fully saturated rings. The predicted molar refractivity (Wildman–Crippen MR) is 77.2 cm³/mol. The molecule has 1 amide bonds. The third-order valence-corrected chi connectivity index (χ3v) is 3.66. The van der Waals surface area contributed by atoms with Crippen LogP contribution in [0.3, 0.4) is 0 Å². The summed E-state index contributed by atoms with van der Waals surface area (Å²) in [6.07, 6.45) is 3.55. The lowest BCUT2D eigenvalue weighted by Crippen LogP contribution is -2.55. The molecule has 1 aliphatic rings. The van der Waals surface area contributed by atoms with Crippen LogP contribution in [0.15, 0.2) is 24.5 Å². The lowest BCUT2D eigenvalue weighted by molar-refractivity contribution is -0.135. The average molecular weight is 277 g/mol. The standard InChI is InChI=1S/C15H23N3O2/c1-12-10-17(11-13(2)19)7-8-18(12)15(20)9-14-3-5-16-6-4-14/h3-6,12-13,19H,7-11H2,1-2H3/t12-,13-/m1/s1. The Morgan fingerprint density at radius 2 is 2.15 bits per heavy atom. The molecule has 5 heteroatoms. The van der Waals surface area contributed by atoms with Crippen molar-refractivity contribution in [3.05, 3.63) is 30.1 Å². The van der Waals surface area contributed by atoms with Gasteiger partial charge >= 0.3 is 0 Å². The number of amides is 1. The van der Waals surface area contributed by atoms with E-state index in [1.807, 2.05) is 17.0 Å². The Balaban J connectivity index is 1.89. The Hall–Kier alpha value is -1.46. The first-order valence-corrected chi connectivity index (χ1v) is 7.15. The van der Waals surface area contributed by atoms with E-state index in [1.165, 1.54) is 0 Å². The minimum Gasteiger partial charge on any atom is -0.392 e. The first-order valence-electron chi connectivity index (χ1n) is 7.15. The van der Waals surface area contributed by atoms with Crippen molar-refractivity contribution < 1.29 is 9.90 Å². The van der Waals surface area contributed by atoms with Gasteiger partial charge < -0.3 is 10.0 Å². The largest absolute Gasteiger partial charge is 0.392 e. The minimum atomic E-state index is -0.318. The number of β-amino-alcohol motifs (C(OH)–C–C–N with tert-alkyl or cyclic N) is 1. The molecule has 2 heterocycles. The van der Waals surface area contributed by atoms with Gasteiger partial charge in [-0.15, -0.1) is 0 Å². The summed E-state index contributed by atoms with van der Waals surface area (Å²) in [5, 5.41) is 9.43. The molecule has 0 spiro atoms. The molecule has 1 saturated heterocycles. The van der Waals surface area contributed by atoms with Crippen LogP contribution in [0.2, 0.25) is 0 Å². The van der Waals surface area contributed by atoms with Crippen molar-refractivity contribution >= 4 is 5.91 Å². The Morgan fingerprint density at radius 3 is 2.75 bits per heavy atom. The van der Waals surface area contributed by atoms with Crippen molar-refractivity contribution in [2.45, 2.75) is 32.4 Å². The molecule has 110 valence electrons. The number of piperazine rings is 1. The van der Waals surface area contributed by atoms with Crippen LogP contribution in [0.5, 0.6) is 0 Å². The highest BCUT2D eigenvalue weighted by atomic mass is 16.3. The van der Waals surface area contributed by atoms with Gasteiger partial charge in [0.15, 0.2) is 0 Å². The van der Waals surface area contributed by atoms with Gasteiger partial charge in [-0.05, 0) is 31.5 Å². The summed E-state index contributed by atoms with van der Waals surface area (Å²) < 4.78 is 0. The molecule has 0 unspecified atom stereocenters. The van der Waals surface area contributed by atoms with Crippen molar-refractivity contribution in [3.8, 4) is 0 Å². The van der Waals surface area contributed by atoms with Crippen molar-refractivity contribution in [2.75, 3.05) is 26.2 Å². The molecular formula is C15H23N3O2. The number of hydrogen-bond donors (Lipinski definition) is 1. The summed E-state index contributed by atoms with van der Waals surface area (Å²) in [5.74, 6) is 0.167. The molecule has 20 heavy (non-hydrogen) atoms.